The Labute approximate surface area is 97.0 Å². The highest BCUT2D eigenvalue weighted by molar-refractivity contribution is 5.79. The lowest BCUT2D eigenvalue weighted by molar-refractivity contribution is -0.120. The molecule has 0 aromatic heterocycles. The molecule has 3 nitrogen and oxygen atoms in total. The van der Waals surface area contributed by atoms with Gasteiger partial charge in [0.1, 0.15) is 0 Å². The van der Waals surface area contributed by atoms with Gasteiger partial charge in [-0.2, -0.15) is 0 Å². The normalized spacial score (nSPS) is 12.4. The summed E-state index contributed by atoms with van der Waals surface area (Å²) < 4.78 is 0. The zero-order valence-corrected chi connectivity index (χ0v) is 10.2. The maximum absolute atomic E-state index is 11.1. The molecule has 0 aliphatic carbocycles. The number of hydrogen-bond donors (Lipinski definition) is 2. The predicted molar refractivity (Wildman–Crippen MR) is 66.0 cm³/mol. The van der Waals surface area contributed by atoms with Crippen molar-refractivity contribution in [1.82, 2.24) is 5.32 Å². The molecule has 0 aliphatic rings. The zero-order chi connectivity index (χ0) is 12.1. The number of carbonyl (C=O) groups is 1. The summed E-state index contributed by atoms with van der Waals surface area (Å²) >= 11 is 0. The van der Waals surface area contributed by atoms with E-state index in [0.717, 1.165) is 6.42 Å². The highest BCUT2D eigenvalue weighted by Crippen LogP contribution is 2.10. The van der Waals surface area contributed by atoms with Crippen LogP contribution in [0.3, 0.4) is 0 Å². The van der Waals surface area contributed by atoms with Crippen LogP contribution >= 0.6 is 0 Å². The van der Waals surface area contributed by atoms with Gasteiger partial charge in [0.25, 0.3) is 0 Å². The summed E-state index contributed by atoms with van der Waals surface area (Å²) in [7, 11) is 0. The molecule has 0 heterocycles. The van der Waals surface area contributed by atoms with Gasteiger partial charge in [-0.3, -0.25) is 4.79 Å². The Balaban J connectivity index is 2.63. The first-order valence-electron chi connectivity index (χ1n) is 5.63. The molecule has 3 heteroatoms. The van der Waals surface area contributed by atoms with Gasteiger partial charge in [-0.15, -0.1) is 0 Å². The quantitative estimate of drug-likeness (QED) is 0.793. The highest BCUT2D eigenvalue weighted by atomic mass is 16.1. The molecule has 1 atom stereocenters. The number of aryl methyl sites for hydroxylation is 2. The maximum atomic E-state index is 11.1. The van der Waals surface area contributed by atoms with Crippen LogP contribution in [0.15, 0.2) is 18.2 Å². The monoisotopic (exact) mass is 220 g/mol. The minimum Gasteiger partial charge on any atom is -0.368 e. The van der Waals surface area contributed by atoms with Gasteiger partial charge in [0.2, 0.25) is 5.91 Å². The van der Waals surface area contributed by atoms with Crippen molar-refractivity contribution < 1.29 is 4.79 Å². The van der Waals surface area contributed by atoms with E-state index < -0.39 is 0 Å². The predicted octanol–water partition coefficient (Wildman–Crippen LogP) is 1.66. The van der Waals surface area contributed by atoms with Gasteiger partial charge < -0.3 is 11.1 Å². The lowest BCUT2D eigenvalue weighted by atomic mass is 10.1. The molecule has 1 aromatic carbocycles. The van der Waals surface area contributed by atoms with Crippen molar-refractivity contribution in [2.24, 2.45) is 5.73 Å². The Morgan fingerprint density at radius 2 is 2.12 bits per heavy atom. The van der Waals surface area contributed by atoms with Gasteiger partial charge in [0.15, 0.2) is 0 Å². The first kappa shape index (κ1) is 12.7. The Bertz CT molecular complexity index is 374. The van der Waals surface area contributed by atoms with Gasteiger partial charge in [0, 0.05) is 6.54 Å². The summed E-state index contributed by atoms with van der Waals surface area (Å²) in [6.45, 7) is 6.79. The fourth-order valence-electron chi connectivity index (χ4n) is 1.72. The molecule has 0 saturated carbocycles. The number of hydrogen-bond acceptors (Lipinski definition) is 2. The molecule has 1 aromatic rings. The number of carbonyl (C=O) groups excluding carboxylic acids is 1. The second-order valence-corrected chi connectivity index (χ2v) is 4.17. The Morgan fingerprint density at radius 3 is 2.62 bits per heavy atom. The molecule has 1 unspecified atom stereocenters. The Morgan fingerprint density at radius 1 is 1.44 bits per heavy atom. The van der Waals surface area contributed by atoms with Crippen molar-refractivity contribution in [1.29, 1.82) is 0 Å². The molecule has 0 fully saturated rings. The number of amides is 1. The van der Waals surface area contributed by atoms with Crippen molar-refractivity contribution in [3.63, 3.8) is 0 Å². The van der Waals surface area contributed by atoms with Crippen molar-refractivity contribution in [3.8, 4) is 0 Å². The average molecular weight is 220 g/mol. The van der Waals surface area contributed by atoms with Crippen molar-refractivity contribution >= 4 is 5.91 Å². The largest absolute Gasteiger partial charge is 0.368 e. The maximum Gasteiger partial charge on any atom is 0.234 e. The second kappa shape index (κ2) is 5.66. The smallest absolute Gasteiger partial charge is 0.234 e. The first-order valence-corrected chi connectivity index (χ1v) is 5.63. The van der Waals surface area contributed by atoms with E-state index in [0.29, 0.717) is 6.54 Å². The standard InChI is InChI=1S/C13H20N2O/c1-4-12(13(14)16)15-8-11-6-5-9(2)7-10(11)3/h5-7,12,15H,4,8H2,1-3H3,(H2,14,16). The third-order valence-electron chi connectivity index (χ3n) is 2.79. The molecule has 1 amide bonds. The Kier molecular flexibility index (Phi) is 4.50. The highest BCUT2D eigenvalue weighted by Gasteiger charge is 2.11. The van der Waals surface area contributed by atoms with E-state index in [1.165, 1.54) is 16.7 Å². The number of benzene rings is 1. The minimum absolute atomic E-state index is 0.235. The van der Waals surface area contributed by atoms with E-state index in [9.17, 15) is 4.79 Å². The summed E-state index contributed by atoms with van der Waals surface area (Å²) in [5.41, 5.74) is 8.98. The van der Waals surface area contributed by atoms with Crippen LogP contribution in [-0.4, -0.2) is 11.9 Å². The van der Waals surface area contributed by atoms with Crippen molar-refractivity contribution in [2.45, 2.75) is 39.8 Å². The molecule has 16 heavy (non-hydrogen) atoms. The first-order chi connectivity index (χ1) is 7.54. The van der Waals surface area contributed by atoms with E-state index in [1.54, 1.807) is 0 Å². The fourth-order valence-corrected chi connectivity index (χ4v) is 1.72. The summed E-state index contributed by atoms with van der Waals surface area (Å²) in [6.07, 6.45) is 0.722. The number of rotatable bonds is 5. The van der Waals surface area contributed by atoms with Crippen LogP contribution in [-0.2, 0) is 11.3 Å². The van der Waals surface area contributed by atoms with Gasteiger partial charge in [-0.1, -0.05) is 30.7 Å². The van der Waals surface area contributed by atoms with Gasteiger partial charge in [-0.25, -0.2) is 0 Å². The molecule has 88 valence electrons. The Hall–Kier alpha value is -1.35. The number of nitrogens with two attached hydrogens (primary N) is 1. The van der Waals surface area contributed by atoms with Gasteiger partial charge in [-0.05, 0) is 31.4 Å². The summed E-state index contributed by atoms with van der Waals surface area (Å²) in [6, 6.07) is 6.07. The molecule has 0 bridgehead atoms. The lowest BCUT2D eigenvalue weighted by Gasteiger charge is -2.14. The van der Waals surface area contributed by atoms with E-state index in [-0.39, 0.29) is 11.9 Å². The summed E-state index contributed by atoms with van der Waals surface area (Å²) in [4.78, 5) is 11.1. The molecular weight excluding hydrogens is 200 g/mol. The van der Waals surface area contributed by atoms with Crippen LogP contribution in [0.1, 0.15) is 30.0 Å². The van der Waals surface area contributed by atoms with Crippen LogP contribution in [0.2, 0.25) is 0 Å². The van der Waals surface area contributed by atoms with Crippen LogP contribution in [0.4, 0.5) is 0 Å². The fraction of sp³-hybridized carbons (Fsp3) is 0.462. The molecule has 0 spiro atoms. The van der Waals surface area contributed by atoms with E-state index >= 15 is 0 Å². The minimum atomic E-state index is -0.285. The average Bonchev–Trinajstić information content (AvgIpc) is 2.21. The van der Waals surface area contributed by atoms with Gasteiger partial charge in [0.05, 0.1) is 6.04 Å². The number of primary amides is 1. The second-order valence-electron chi connectivity index (χ2n) is 4.17. The SMILES string of the molecule is CCC(NCc1ccc(C)cc1C)C(N)=O. The molecule has 0 aliphatic heterocycles. The molecule has 0 radical (unpaired) electrons. The van der Waals surface area contributed by atoms with Crippen LogP contribution in [0.25, 0.3) is 0 Å². The third-order valence-corrected chi connectivity index (χ3v) is 2.79. The zero-order valence-electron chi connectivity index (χ0n) is 10.2. The van der Waals surface area contributed by atoms with E-state index in [2.05, 4.69) is 37.4 Å². The van der Waals surface area contributed by atoms with Crippen molar-refractivity contribution in [3.05, 3.63) is 34.9 Å². The van der Waals surface area contributed by atoms with E-state index in [4.69, 9.17) is 5.73 Å². The number of nitrogens with one attached hydrogen (secondary N) is 1. The molecule has 1 rings (SSSR count). The topological polar surface area (TPSA) is 55.1 Å². The molecule has 0 saturated heterocycles. The van der Waals surface area contributed by atoms with Crippen LogP contribution in [0.5, 0.6) is 0 Å². The van der Waals surface area contributed by atoms with E-state index in [1.807, 2.05) is 6.92 Å². The summed E-state index contributed by atoms with van der Waals surface area (Å²) in [5.74, 6) is -0.285. The van der Waals surface area contributed by atoms with Gasteiger partial charge >= 0.3 is 0 Å². The summed E-state index contributed by atoms with van der Waals surface area (Å²) in [5, 5.41) is 3.17. The lowest BCUT2D eigenvalue weighted by Crippen LogP contribution is -2.40. The van der Waals surface area contributed by atoms with Crippen LogP contribution < -0.4 is 11.1 Å². The van der Waals surface area contributed by atoms with Crippen molar-refractivity contribution in [2.75, 3.05) is 0 Å². The third kappa shape index (κ3) is 3.35. The van der Waals surface area contributed by atoms with Crippen LogP contribution in [0, 0.1) is 13.8 Å². The molecular formula is C13H20N2O. The molecule has 3 N–H and O–H groups in total.